The Hall–Kier alpha value is -1.92. The molecule has 1 aromatic rings. The minimum absolute atomic E-state index is 0.00631. The summed E-state index contributed by atoms with van der Waals surface area (Å²) in [6, 6.07) is 6.78. The van der Waals surface area contributed by atoms with Gasteiger partial charge in [0.15, 0.2) is 0 Å². The highest BCUT2D eigenvalue weighted by atomic mass is 31.2. The molecule has 0 aliphatic heterocycles. The second-order valence-electron chi connectivity index (χ2n) is 5.54. The first-order valence-electron chi connectivity index (χ1n) is 7.47. The first-order chi connectivity index (χ1) is 11.3. The molecule has 24 heavy (non-hydrogen) atoms. The van der Waals surface area contributed by atoms with Gasteiger partial charge in [0.25, 0.3) is 0 Å². The molecule has 0 amide bonds. The number of benzene rings is 1. The van der Waals surface area contributed by atoms with Crippen LogP contribution in [0.3, 0.4) is 0 Å². The first kappa shape index (κ1) is 18.4. The minimum Gasteiger partial charge on any atom is -0.508 e. The van der Waals surface area contributed by atoms with Crippen LogP contribution in [0.25, 0.3) is 0 Å². The van der Waals surface area contributed by atoms with Crippen molar-refractivity contribution in [2.75, 3.05) is 0 Å². The maximum absolute atomic E-state index is 11.1. The first-order valence-corrected chi connectivity index (χ1v) is 9.03. The fourth-order valence-corrected chi connectivity index (χ4v) is 3.10. The number of nitrogens with zero attached hydrogens (tertiary/aromatic N) is 1. The van der Waals surface area contributed by atoms with E-state index in [1.807, 2.05) is 6.07 Å². The van der Waals surface area contributed by atoms with Gasteiger partial charge in [0.05, 0.1) is 11.8 Å². The van der Waals surface area contributed by atoms with Crippen molar-refractivity contribution in [3.63, 3.8) is 0 Å². The zero-order valence-corrected chi connectivity index (χ0v) is 13.8. The van der Waals surface area contributed by atoms with Crippen LogP contribution in [0.15, 0.2) is 52.5 Å². The molecule has 0 radical (unpaired) electrons. The van der Waals surface area contributed by atoms with Crippen LogP contribution >= 0.6 is 7.75 Å². The molecule has 130 valence electrons. The number of phenolic OH excluding ortho intramolecular Hbond substituents is 1. The number of allylic oxidation sites excluding steroid dienone is 2. The lowest BCUT2D eigenvalue weighted by atomic mass is 9.93. The zero-order chi connectivity index (χ0) is 17.7. The van der Waals surface area contributed by atoms with Crippen molar-refractivity contribution in [2.45, 2.75) is 31.8 Å². The topological polar surface area (TPSA) is 131 Å². The average Bonchev–Trinajstić information content (AvgIpc) is 2.45. The molecule has 7 nitrogen and oxygen atoms in total. The molecule has 0 bridgehead atoms. The standard InChI is InChI=1S/C16H20NO6P/c18-12-6-1-4-11(10-12)5-2-8-14(19)16-13(17-24(21,22)23)7-3-9-15(16)20/h1,3-4,6,9-10,14,18-20H,2,5,7-8H2,(H2,21,22,23). The van der Waals surface area contributed by atoms with Gasteiger partial charge in [-0.3, -0.25) is 0 Å². The van der Waals surface area contributed by atoms with Crippen molar-refractivity contribution in [3.05, 3.63) is 53.3 Å². The highest BCUT2D eigenvalue weighted by Crippen LogP contribution is 2.38. The van der Waals surface area contributed by atoms with Gasteiger partial charge in [-0.25, -0.2) is 4.57 Å². The van der Waals surface area contributed by atoms with E-state index in [0.717, 1.165) is 5.56 Å². The number of aliphatic hydroxyl groups is 2. The molecule has 0 heterocycles. The van der Waals surface area contributed by atoms with Gasteiger partial charge in [0, 0.05) is 12.0 Å². The van der Waals surface area contributed by atoms with Crippen LogP contribution in [-0.2, 0) is 11.0 Å². The Morgan fingerprint density at radius 1 is 1.25 bits per heavy atom. The number of aliphatic hydroxyl groups excluding tert-OH is 2. The molecule has 1 aromatic carbocycles. The average molecular weight is 353 g/mol. The summed E-state index contributed by atoms with van der Waals surface area (Å²) in [6.07, 6.45) is 3.41. The van der Waals surface area contributed by atoms with Crippen molar-refractivity contribution in [2.24, 2.45) is 4.76 Å². The SMILES string of the molecule is O=P(O)(O)N=C1CC=CC(O)=C1C(O)CCCc1cccc(O)c1. The quantitative estimate of drug-likeness (QED) is 0.499. The zero-order valence-electron chi connectivity index (χ0n) is 12.9. The van der Waals surface area contributed by atoms with Crippen molar-refractivity contribution < 1.29 is 29.7 Å². The summed E-state index contributed by atoms with van der Waals surface area (Å²) in [5.74, 6) is -0.0693. The van der Waals surface area contributed by atoms with E-state index < -0.39 is 13.9 Å². The Morgan fingerprint density at radius 2 is 2.00 bits per heavy atom. The van der Waals surface area contributed by atoms with E-state index in [1.54, 1.807) is 18.2 Å². The molecule has 1 aliphatic rings. The molecule has 8 heteroatoms. The lowest BCUT2D eigenvalue weighted by molar-refractivity contribution is 0.197. The third kappa shape index (κ3) is 5.32. The molecule has 2 rings (SSSR count). The fraction of sp³-hybridized carbons (Fsp3) is 0.312. The van der Waals surface area contributed by atoms with E-state index in [1.165, 1.54) is 12.2 Å². The maximum Gasteiger partial charge on any atom is 0.448 e. The Morgan fingerprint density at radius 3 is 2.67 bits per heavy atom. The lowest BCUT2D eigenvalue weighted by Crippen LogP contribution is -2.22. The summed E-state index contributed by atoms with van der Waals surface area (Å²) in [5.41, 5.74) is 0.956. The van der Waals surface area contributed by atoms with E-state index in [2.05, 4.69) is 4.76 Å². The molecule has 0 aromatic heterocycles. The van der Waals surface area contributed by atoms with E-state index in [4.69, 9.17) is 9.79 Å². The van der Waals surface area contributed by atoms with Crippen LogP contribution in [0.1, 0.15) is 24.8 Å². The molecule has 5 N–H and O–H groups in total. The van der Waals surface area contributed by atoms with Crippen LogP contribution in [0.4, 0.5) is 0 Å². The van der Waals surface area contributed by atoms with Gasteiger partial charge in [0.1, 0.15) is 11.5 Å². The largest absolute Gasteiger partial charge is 0.508 e. The number of hydrogen-bond acceptors (Lipinski definition) is 4. The molecule has 0 spiro atoms. The summed E-state index contributed by atoms with van der Waals surface area (Å²) in [7, 11) is -4.65. The second kappa shape index (κ2) is 7.77. The predicted molar refractivity (Wildman–Crippen MR) is 89.9 cm³/mol. The maximum atomic E-state index is 11.1. The van der Waals surface area contributed by atoms with Crippen molar-refractivity contribution >= 4 is 13.5 Å². The normalized spacial score (nSPS) is 18.2. The van der Waals surface area contributed by atoms with Crippen LogP contribution in [0.2, 0.25) is 0 Å². The van der Waals surface area contributed by atoms with Gasteiger partial charge in [-0.15, -0.1) is 0 Å². The van der Waals surface area contributed by atoms with E-state index in [9.17, 15) is 19.9 Å². The van der Waals surface area contributed by atoms with E-state index in [-0.39, 0.29) is 35.6 Å². The third-order valence-electron chi connectivity index (χ3n) is 3.61. The number of phenols is 1. The van der Waals surface area contributed by atoms with Gasteiger partial charge in [-0.05, 0) is 43.0 Å². The number of rotatable bonds is 6. The van der Waals surface area contributed by atoms with Crippen LogP contribution in [0.5, 0.6) is 5.75 Å². The monoisotopic (exact) mass is 353 g/mol. The van der Waals surface area contributed by atoms with Gasteiger partial charge < -0.3 is 25.1 Å². The number of aromatic hydroxyl groups is 1. The number of aryl methyl sites for hydroxylation is 1. The smallest absolute Gasteiger partial charge is 0.448 e. The lowest BCUT2D eigenvalue weighted by Gasteiger charge is -2.20. The Kier molecular flexibility index (Phi) is 5.96. The molecule has 0 saturated heterocycles. The van der Waals surface area contributed by atoms with Gasteiger partial charge in [-0.1, -0.05) is 18.2 Å². The molecule has 1 unspecified atom stereocenters. The molecule has 1 atom stereocenters. The van der Waals surface area contributed by atoms with E-state index in [0.29, 0.717) is 12.8 Å². The molecular formula is C16H20NO6P. The Labute approximate surface area is 139 Å². The number of hydrogen-bond donors (Lipinski definition) is 5. The Balaban J connectivity index is 2.06. The van der Waals surface area contributed by atoms with Gasteiger partial charge in [0.2, 0.25) is 0 Å². The Bertz CT molecular complexity index is 734. The summed E-state index contributed by atoms with van der Waals surface area (Å²) in [6.45, 7) is 0. The molecular weight excluding hydrogens is 333 g/mol. The summed E-state index contributed by atoms with van der Waals surface area (Å²) >= 11 is 0. The predicted octanol–water partition coefficient (Wildman–Crippen LogP) is 2.38. The third-order valence-corrected chi connectivity index (χ3v) is 4.11. The fourth-order valence-electron chi connectivity index (χ4n) is 2.60. The van der Waals surface area contributed by atoms with Crippen molar-refractivity contribution in [3.8, 4) is 5.75 Å². The molecule has 0 saturated carbocycles. The van der Waals surface area contributed by atoms with Crippen molar-refractivity contribution in [1.82, 2.24) is 0 Å². The van der Waals surface area contributed by atoms with Crippen LogP contribution in [-0.4, -0.2) is 36.9 Å². The molecule has 0 fully saturated rings. The highest BCUT2D eigenvalue weighted by molar-refractivity contribution is 7.50. The van der Waals surface area contributed by atoms with Gasteiger partial charge >= 0.3 is 7.75 Å². The van der Waals surface area contributed by atoms with E-state index >= 15 is 0 Å². The van der Waals surface area contributed by atoms with Crippen LogP contribution in [0, 0.1) is 0 Å². The molecule has 1 aliphatic carbocycles. The highest BCUT2D eigenvalue weighted by Gasteiger charge is 2.25. The minimum atomic E-state index is -4.65. The summed E-state index contributed by atoms with van der Waals surface area (Å²) < 4.78 is 14.4. The second-order valence-corrected chi connectivity index (χ2v) is 6.77. The summed E-state index contributed by atoms with van der Waals surface area (Å²) in [5, 5.41) is 29.7. The summed E-state index contributed by atoms with van der Waals surface area (Å²) in [4.78, 5) is 18.0. The van der Waals surface area contributed by atoms with Gasteiger partial charge in [-0.2, -0.15) is 4.76 Å². The van der Waals surface area contributed by atoms with Crippen molar-refractivity contribution in [1.29, 1.82) is 0 Å². The van der Waals surface area contributed by atoms with Crippen LogP contribution < -0.4 is 0 Å².